The number of alkyl carbamates (subject to hydrolysis) is 1. The quantitative estimate of drug-likeness (QED) is 0.615. The summed E-state index contributed by atoms with van der Waals surface area (Å²) in [5.41, 5.74) is 0. The van der Waals surface area contributed by atoms with Crippen LogP contribution in [-0.2, 0) is 14.3 Å². The molecule has 0 aromatic carbocycles. The Morgan fingerprint density at radius 1 is 1.24 bits per heavy atom. The van der Waals surface area contributed by atoms with Crippen LogP contribution in [0.3, 0.4) is 0 Å². The first-order valence-electron chi connectivity index (χ1n) is 6.16. The van der Waals surface area contributed by atoms with Crippen LogP contribution in [0, 0.1) is 0 Å². The molecule has 0 aromatic heterocycles. The number of carboxylic acids is 1. The number of likely N-dealkylation sites (N-methyl/N-ethyl adjacent to an activating group) is 1. The lowest BCUT2D eigenvalue weighted by Gasteiger charge is -2.26. The van der Waals surface area contributed by atoms with E-state index in [-0.39, 0.29) is 26.2 Å². The van der Waals surface area contributed by atoms with Gasteiger partial charge in [0.25, 0.3) is 0 Å². The molecule has 0 aromatic rings. The van der Waals surface area contributed by atoms with Gasteiger partial charge in [-0.3, -0.25) is 4.79 Å². The van der Waals surface area contributed by atoms with Gasteiger partial charge >= 0.3 is 18.2 Å². The molecule has 0 fully saturated rings. The maximum absolute atomic E-state index is 11.6. The summed E-state index contributed by atoms with van der Waals surface area (Å²) in [6, 6.07) is -0.768. The maximum atomic E-state index is 11.6. The zero-order valence-corrected chi connectivity index (χ0v) is 11.9. The highest BCUT2D eigenvalue weighted by atomic mass is 16.6. The third-order valence-electron chi connectivity index (χ3n) is 2.38. The van der Waals surface area contributed by atoms with Gasteiger partial charge in [-0.25, -0.2) is 9.59 Å². The second-order valence-corrected chi connectivity index (χ2v) is 4.00. The van der Waals surface area contributed by atoms with Crippen LogP contribution in [0.1, 0.15) is 6.42 Å². The lowest BCUT2D eigenvalue weighted by Crippen LogP contribution is -2.46. The topological polar surface area (TPSA) is 105 Å². The van der Waals surface area contributed by atoms with Crippen molar-refractivity contribution in [1.82, 2.24) is 10.2 Å². The van der Waals surface area contributed by atoms with Crippen LogP contribution in [0.5, 0.6) is 0 Å². The molecule has 118 valence electrons. The Morgan fingerprint density at radius 3 is 2.33 bits per heavy atom. The Bertz CT molecular complexity index is 396. The molecule has 0 heterocycles. The molecule has 21 heavy (non-hydrogen) atoms. The summed E-state index contributed by atoms with van der Waals surface area (Å²) in [6.07, 6.45) is 1.01. The van der Waals surface area contributed by atoms with Crippen molar-refractivity contribution in [2.45, 2.75) is 12.5 Å². The van der Waals surface area contributed by atoms with Crippen LogP contribution in [0.2, 0.25) is 0 Å². The minimum absolute atomic E-state index is 0.0117. The lowest BCUT2D eigenvalue weighted by atomic mass is 10.2. The van der Waals surface area contributed by atoms with Crippen molar-refractivity contribution >= 4 is 18.2 Å². The molecular formula is C13H20N2O6. The van der Waals surface area contributed by atoms with Crippen molar-refractivity contribution in [1.29, 1.82) is 0 Å². The van der Waals surface area contributed by atoms with E-state index in [2.05, 4.69) is 23.2 Å². The van der Waals surface area contributed by atoms with E-state index in [0.29, 0.717) is 0 Å². The van der Waals surface area contributed by atoms with Crippen LogP contribution < -0.4 is 5.32 Å². The fourth-order valence-corrected chi connectivity index (χ4v) is 1.32. The van der Waals surface area contributed by atoms with Gasteiger partial charge in [-0.05, 0) is 0 Å². The normalized spacial score (nSPS) is 10.9. The van der Waals surface area contributed by atoms with E-state index in [1.807, 2.05) is 0 Å². The summed E-state index contributed by atoms with van der Waals surface area (Å²) in [5, 5.41) is 11.2. The van der Waals surface area contributed by atoms with Gasteiger partial charge in [0.05, 0.1) is 12.5 Å². The molecule has 1 atom stereocenters. The van der Waals surface area contributed by atoms with Gasteiger partial charge in [-0.2, -0.15) is 0 Å². The predicted octanol–water partition coefficient (Wildman–Crippen LogP) is 0.996. The molecular weight excluding hydrogens is 280 g/mol. The Morgan fingerprint density at radius 2 is 1.81 bits per heavy atom. The molecule has 0 rings (SSSR count). The maximum Gasteiger partial charge on any atom is 0.410 e. The number of hydrogen-bond donors (Lipinski definition) is 2. The molecule has 2 N–H and O–H groups in total. The van der Waals surface area contributed by atoms with Crippen molar-refractivity contribution in [3.63, 3.8) is 0 Å². The van der Waals surface area contributed by atoms with Crippen LogP contribution in [0.25, 0.3) is 0 Å². The van der Waals surface area contributed by atoms with Crippen LogP contribution in [-0.4, -0.2) is 61.0 Å². The average molecular weight is 300 g/mol. The molecule has 0 spiro atoms. The SMILES string of the molecule is C=CCOC(=O)NC[C@@H](CC(=O)O)N(C)C(=O)OCC=C. The average Bonchev–Trinajstić information content (AvgIpc) is 2.45. The van der Waals surface area contributed by atoms with Gasteiger partial charge in [-0.15, -0.1) is 0 Å². The fourth-order valence-electron chi connectivity index (χ4n) is 1.32. The van der Waals surface area contributed by atoms with E-state index in [1.165, 1.54) is 19.2 Å². The molecule has 0 aliphatic rings. The monoisotopic (exact) mass is 300 g/mol. The highest BCUT2D eigenvalue weighted by Crippen LogP contribution is 2.04. The Hall–Kier alpha value is -2.51. The van der Waals surface area contributed by atoms with Crippen molar-refractivity contribution in [2.24, 2.45) is 0 Å². The smallest absolute Gasteiger partial charge is 0.410 e. The van der Waals surface area contributed by atoms with Crippen molar-refractivity contribution < 1.29 is 29.0 Å². The number of nitrogens with zero attached hydrogens (tertiary/aromatic N) is 1. The summed E-state index contributed by atoms with van der Waals surface area (Å²) in [7, 11) is 1.38. The first-order chi connectivity index (χ1) is 9.92. The van der Waals surface area contributed by atoms with E-state index < -0.39 is 24.2 Å². The predicted molar refractivity (Wildman–Crippen MR) is 74.9 cm³/mol. The highest BCUT2D eigenvalue weighted by Gasteiger charge is 2.24. The Kier molecular flexibility index (Phi) is 9.07. The first kappa shape index (κ1) is 18.5. The molecule has 2 amide bonds. The molecule has 0 bridgehead atoms. The zero-order chi connectivity index (χ0) is 16.3. The van der Waals surface area contributed by atoms with Gasteiger partial charge in [-0.1, -0.05) is 25.3 Å². The third kappa shape index (κ3) is 8.30. The summed E-state index contributed by atoms with van der Waals surface area (Å²) in [6.45, 7) is 6.75. The molecule has 0 aliphatic carbocycles. The second-order valence-electron chi connectivity index (χ2n) is 4.00. The Balaban J connectivity index is 4.52. The standard InChI is InChI=1S/C13H20N2O6/c1-4-6-20-12(18)14-9-10(8-11(16)17)15(3)13(19)21-7-5-2/h4-5,10H,1-2,6-9H2,3H3,(H,14,18)(H,16,17)/t10-/m1/s1. The number of carbonyl (C=O) groups excluding carboxylic acids is 2. The lowest BCUT2D eigenvalue weighted by molar-refractivity contribution is -0.138. The molecule has 8 heteroatoms. The summed E-state index contributed by atoms with van der Waals surface area (Å²) < 4.78 is 9.49. The summed E-state index contributed by atoms with van der Waals surface area (Å²) >= 11 is 0. The number of carbonyl (C=O) groups is 3. The molecule has 0 unspecified atom stereocenters. The number of carboxylic acid groups (broad SMARTS) is 1. The highest BCUT2D eigenvalue weighted by molar-refractivity contribution is 5.72. The number of rotatable bonds is 9. The number of hydrogen-bond acceptors (Lipinski definition) is 5. The molecule has 0 aliphatic heterocycles. The third-order valence-corrected chi connectivity index (χ3v) is 2.38. The van der Waals surface area contributed by atoms with E-state index in [1.54, 1.807) is 0 Å². The fraction of sp³-hybridized carbons (Fsp3) is 0.462. The summed E-state index contributed by atoms with van der Waals surface area (Å²) in [4.78, 5) is 34.8. The van der Waals surface area contributed by atoms with E-state index in [0.717, 1.165) is 4.90 Å². The van der Waals surface area contributed by atoms with Gasteiger partial charge in [0.15, 0.2) is 0 Å². The number of aliphatic carboxylic acids is 1. The van der Waals surface area contributed by atoms with E-state index in [4.69, 9.17) is 9.84 Å². The van der Waals surface area contributed by atoms with Gasteiger partial charge in [0.1, 0.15) is 13.2 Å². The number of amides is 2. The number of ether oxygens (including phenoxy) is 2. The van der Waals surface area contributed by atoms with Gasteiger partial charge in [0.2, 0.25) is 0 Å². The minimum atomic E-state index is -1.11. The first-order valence-corrected chi connectivity index (χ1v) is 6.16. The molecule has 0 saturated heterocycles. The zero-order valence-electron chi connectivity index (χ0n) is 11.9. The van der Waals surface area contributed by atoms with Crippen LogP contribution in [0.15, 0.2) is 25.3 Å². The minimum Gasteiger partial charge on any atom is -0.481 e. The molecule has 0 saturated carbocycles. The van der Waals surface area contributed by atoms with Crippen LogP contribution >= 0.6 is 0 Å². The molecule has 0 radical (unpaired) electrons. The van der Waals surface area contributed by atoms with Crippen molar-refractivity contribution in [3.05, 3.63) is 25.3 Å². The van der Waals surface area contributed by atoms with Gasteiger partial charge in [0, 0.05) is 13.6 Å². The molecule has 8 nitrogen and oxygen atoms in total. The van der Waals surface area contributed by atoms with E-state index >= 15 is 0 Å². The van der Waals surface area contributed by atoms with Crippen molar-refractivity contribution in [3.8, 4) is 0 Å². The van der Waals surface area contributed by atoms with Crippen molar-refractivity contribution in [2.75, 3.05) is 26.8 Å². The Labute approximate surface area is 123 Å². The summed E-state index contributed by atoms with van der Waals surface area (Å²) in [5.74, 6) is -1.11. The second kappa shape index (κ2) is 10.3. The van der Waals surface area contributed by atoms with Gasteiger partial charge < -0.3 is 24.8 Å². The number of nitrogens with one attached hydrogen (secondary N) is 1. The largest absolute Gasteiger partial charge is 0.481 e. The van der Waals surface area contributed by atoms with Crippen LogP contribution in [0.4, 0.5) is 9.59 Å². The van der Waals surface area contributed by atoms with E-state index in [9.17, 15) is 14.4 Å².